The van der Waals surface area contributed by atoms with Crippen molar-refractivity contribution in [3.8, 4) is 17.1 Å². The molecule has 1 fully saturated rings. The molecule has 1 saturated heterocycles. The van der Waals surface area contributed by atoms with Crippen molar-refractivity contribution in [2.24, 2.45) is 0 Å². The standard InChI is InChI=1S/C13H11FN2O4S/c1-7-2-5-10(20-7)8-3-4-9(17)13(12(8)14)16-6-11(18)15-21(16)19/h2-5,17H,6H2,1H3,(H,15,18). The molecule has 0 saturated carbocycles. The van der Waals surface area contributed by atoms with E-state index in [1.54, 1.807) is 19.1 Å². The highest BCUT2D eigenvalue weighted by Gasteiger charge is 2.32. The van der Waals surface area contributed by atoms with Crippen molar-refractivity contribution in [2.45, 2.75) is 6.92 Å². The minimum atomic E-state index is -1.92. The Hall–Kier alpha value is -2.35. The molecule has 1 aliphatic heterocycles. The van der Waals surface area contributed by atoms with E-state index in [0.717, 1.165) is 4.31 Å². The molecule has 0 spiro atoms. The van der Waals surface area contributed by atoms with Crippen LogP contribution in [0.1, 0.15) is 5.76 Å². The van der Waals surface area contributed by atoms with Crippen LogP contribution in [0, 0.1) is 12.7 Å². The molecule has 3 rings (SSSR count). The molecule has 1 unspecified atom stereocenters. The third kappa shape index (κ3) is 2.27. The average molecular weight is 310 g/mol. The molecule has 1 aliphatic rings. The summed E-state index contributed by atoms with van der Waals surface area (Å²) in [7, 11) is 0. The minimum absolute atomic E-state index is 0.118. The zero-order chi connectivity index (χ0) is 15.1. The van der Waals surface area contributed by atoms with Crippen LogP contribution in [0.25, 0.3) is 11.3 Å². The number of nitrogens with one attached hydrogen (secondary N) is 1. The van der Waals surface area contributed by atoms with E-state index in [1.165, 1.54) is 12.1 Å². The van der Waals surface area contributed by atoms with Crippen LogP contribution in [0.2, 0.25) is 0 Å². The number of aryl methyl sites for hydroxylation is 1. The van der Waals surface area contributed by atoms with Crippen LogP contribution in [-0.2, 0) is 16.0 Å². The van der Waals surface area contributed by atoms with Gasteiger partial charge in [0.1, 0.15) is 29.5 Å². The molecule has 0 radical (unpaired) electrons. The van der Waals surface area contributed by atoms with Gasteiger partial charge in [-0.15, -0.1) is 0 Å². The van der Waals surface area contributed by atoms with Crippen molar-refractivity contribution < 1.29 is 22.9 Å². The van der Waals surface area contributed by atoms with Gasteiger partial charge in [-0.25, -0.2) is 8.60 Å². The highest BCUT2D eigenvalue weighted by Crippen LogP contribution is 2.38. The summed E-state index contributed by atoms with van der Waals surface area (Å²) in [5, 5.41) is 9.85. The van der Waals surface area contributed by atoms with Crippen LogP contribution in [0.5, 0.6) is 5.75 Å². The van der Waals surface area contributed by atoms with Crippen LogP contribution in [-0.4, -0.2) is 21.8 Å². The van der Waals surface area contributed by atoms with E-state index in [-0.39, 0.29) is 23.6 Å². The Kier molecular flexibility index (Phi) is 3.17. The lowest BCUT2D eigenvalue weighted by Gasteiger charge is -2.17. The summed E-state index contributed by atoms with van der Waals surface area (Å²) in [6, 6.07) is 5.91. The SMILES string of the molecule is Cc1ccc(-c2ccc(O)c(N3CC(=O)NS3=O)c2F)o1. The second-order valence-electron chi connectivity index (χ2n) is 4.52. The fourth-order valence-corrected chi connectivity index (χ4v) is 3.04. The molecule has 1 aromatic heterocycles. The van der Waals surface area contributed by atoms with Crippen molar-refractivity contribution in [3.63, 3.8) is 0 Å². The van der Waals surface area contributed by atoms with Crippen molar-refractivity contribution in [1.82, 2.24) is 4.72 Å². The van der Waals surface area contributed by atoms with Crippen LogP contribution in [0.3, 0.4) is 0 Å². The summed E-state index contributed by atoms with van der Waals surface area (Å²) >= 11 is -1.92. The maximum Gasteiger partial charge on any atom is 0.253 e. The van der Waals surface area contributed by atoms with Crippen LogP contribution < -0.4 is 9.03 Å². The number of anilines is 1. The monoisotopic (exact) mass is 310 g/mol. The maximum atomic E-state index is 14.6. The number of hydrogen-bond donors (Lipinski definition) is 2. The number of phenolic OH excluding ortho intramolecular Hbond substituents is 1. The van der Waals surface area contributed by atoms with Gasteiger partial charge in [0, 0.05) is 0 Å². The molecule has 1 atom stereocenters. The van der Waals surface area contributed by atoms with E-state index in [0.29, 0.717) is 5.76 Å². The molecule has 0 bridgehead atoms. The zero-order valence-corrected chi connectivity index (χ0v) is 11.7. The van der Waals surface area contributed by atoms with Gasteiger partial charge in [-0.05, 0) is 31.2 Å². The quantitative estimate of drug-likeness (QED) is 0.883. The molecule has 1 aromatic carbocycles. The molecular weight excluding hydrogens is 299 g/mol. The molecule has 21 heavy (non-hydrogen) atoms. The van der Waals surface area contributed by atoms with E-state index in [1.807, 2.05) is 0 Å². The summed E-state index contributed by atoms with van der Waals surface area (Å²) in [5.41, 5.74) is -0.175. The first-order valence-electron chi connectivity index (χ1n) is 6.04. The maximum absolute atomic E-state index is 14.6. The zero-order valence-electron chi connectivity index (χ0n) is 10.9. The summed E-state index contributed by atoms with van der Waals surface area (Å²) < 4.78 is 34.9. The minimum Gasteiger partial charge on any atom is -0.506 e. The van der Waals surface area contributed by atoms with Gasteiger partial charge in [-0.3, -0.25) is 13.8 Å². The lowest BCUT2D eigenvalue weighted by atomic mass is 10.1. The van der Waals surface area contributed by atoms with E-state index in [2.05, 4.69) is 4.72 Å². The number of halogens is 1. The lowest BCUT2D eigenvalue weighted by molar-refractivity contribution is -0.117. The number of amides is 1. The predicted octanol–water partition coefficient (Wildman–Crippen LogP) is 1.61. The Labute approximate surface area is 121 Å². The normalized spacial score (nSPS) is 18.1. The van der Waals surface area contributed by atoms with Gasteiger partial charge >= 0.3 is 0 Å². The van der Waals surface area contributed by atoms with Crippen LogP contribution >= 0.6 is 0 Å². The van der Waals surface area contributed by atoms with Gasteiger partial charge in [0.2, 0.25) is 11.2 Å². The van der Waals surface area contributed by atoms with Crippen molar-refractivity contribution in [1.29, 1.82) is 0 Å². The predicted molar refractivity (Wildman–Crippen MR) is 74.1 cm³/mol. The molecule has 0 aliphatic carbocycles. The van der Waals surface area contributed by atoms with E-state index in [4.69, 9.17) is 4.42 Å². The Balaban J connectivity index is 2.13. The molecule has 2 heterocycles. The van der Waals surface area contributed by atoms with E-state index < -0.39 is 28.6 Å². The Morgan fingerprint density at radius 1 is 1.38 bits per heavy atom. The number of benzene rings is 1. The van der Waals surface area contributed by atoms with Gasteiger partial charge < -0.3 is 9.52 Å². The number of phenols is 1. The molecule has 1 amide bonds. The molecular formula is C13H11FN2O4S. The smallest absolute Gasteiger partial charge is 0.253 e. The van der Waals surface area contributed by atoms with E-state index in [9.17, 15) is 18.5 Å². The number of furan rings is 1. The summed E-state index contributed by atoms with van der Waals surface area (Å²) in [6.45, 7) is 1.43. The average Bonchev–Trinajstić information content (AvgIpc) is 2.96. The Bertz CT molecular complexity index is 759. The number of carbonyl (C=O) groups is 1. The second kappa shape index (κ2) is 4.88. The molecule has 2 aromatic rings. The number of nitrogens with zero attached hydrogens (tertiary/aromatic N) is 1. The number of aromatic hydroxyl groups is 1. The molecule has 110 valence electrons. The van der Waals surface area contributed by atoms with Gasteiger partial charge in [-0.1, -0.05) is 0 Å². The Morgan fingerprint density at radius 3 is 2.71 bits per heavy atom. The second-order valence-corrected chi connectivity index (χ2v) is 5.66. The first-order valence-corrected chi connectivity index (χ1v) is 7.15. The Morgan fingerprint density at radius 2 is 2.14 bits per heavy atom. The fourth-order valence-electron chi connectivity index (χ4n) is 2.10. The topological polar surface area (TPSA) is 82.8 Å². The van der Waals surface area contributed by atoms with Crippen LogP contribution in [0.4, 0.5) is 10.1 Å². The molecule has 2 N–H and O–H groups in total. The van der Waals surface area contributed by atoms with Gasteiger partial charge in [0.05, 0.1) is 5.56 Å². The molecule has 8 heteroatoms. The van der Waals surface area contributed by atoms with E-state index >= 15 is 0 Å². The molecule has 6 nitrogen and oxygen atoms in total. The third-order valence-corrected chi connectivity index (χ3v) is 4.15. The van der Waals surface area contributed by atoms with Crippen molar-refractivity contribution in [3.05, 3.63) is 35.8 Å². The van der Waals surface area contributed by atoms with Gasteiger partial charge in [0.15, 0.2) is 5.82 Å². The largest absolute Gasteiger partial charge is 0.506 e. The number of hydrogen-bond acceptors (Lipinski definition) is 4. The van der Waals surface area contributed by atoms with Crippen molar-refractivity contribution >= 4 is 22.8 Å². The van der Waals surface area contributed by atoms with Crippen molar-refractivity contribution in [2.75, 3.05) is 10.8 Å². The highest BCUT2D eigenvalue weighted by atomic mass is 32.2. The van der Waals surface area contributed by atoms with Gasteiger partial charge in [0.25, 0.3) is 5.91 Å². The van der Waals surface area contributed by atoms with Crippen LogP contribution in [0.15, 0.2) is 28.7 Å². The summed E-state index contributed by atoms with van der Waals surface area (Å²) in [6.07, 6.45) is 0. The van der Waals surface area contributed by atoms with Gasteiger partial charge in [-0.2, -0.15) is 0 Å². The summed E-state index contributed by atoms with van der Waals surface area (Å²) in [5.74, 6) is -0.805. The lowest BCUT2D eigenvalue weighted by Crippen LogP contribution is -2.23. The third-order valence-electron chi connectivity index (χ3n) is 3.04. The highest BCUT2D eigenvalue weighted by molar-refractivity contribution is 7.85. The number of rotatable bonds is 2. The summed E-state index contributed by atoms with van der Waals surface area (Å²) in [4.78, 5) is 11.2. The number of carbonyl (C=O) groups excluding carboxylic acids is 1. The first-order chi connectivity index (χ1) is 9.97. The fraction of sp³-hybridized carbons (Fsp3) is 0.154. The first kappa shape index (κ1) is 13.6.